The average molecular weight is 397 g/mol. The lowest BCUT2D eigenvalue weighted by molar-refractivity contribution is -0.0893. The molecule has 2 saturated heterocycles. The normalized spacial score (nSPS) is 30.3. The van der Waals surface area contributed by atoms with Crippen molar-refractivity contribution in [3.05, 3.63) is 35.5 Å². The van der Waals surface area contributed by atoms with Gasteiger partial charge < -0.3 is 14.6 Å². The molecule has 2 unspecified atom stereocenters. The van der Waals surface area contributed by atoms with Gasteiger partial charge in [-0.25, -0.2) is 4.39 Å². The summed E-state index contributed by atoms with van der Waals surface area (Å²) in [4.78, 5) is 15.7. The molecule has 1 aliphatic carbocycles. The maximum Gasteiger partial charge on any atom is 0.253 e. The van der Waals surface area contributed by atoms with Crippen LogP contribution >= 0.6 is 0 Å². The number of hydrogen-bond acceptors (Lipinski definition) is 3. The Morgan fingerprint density at radius 2 is 1.97 bits per heavy atom. The maximum atomic E-state index is 14.4. The van der Waals surface area contributed by atoms with E-state index in [1.165, 1.54) is 11.2 Å². The van der Waals surface area contributed by atoms with Gasteiger partial charge >= 0.3 is 0 Å². The minimum absolute atomic E-state index is 0.0541. The highest BCUT2D eigenvalue weighted by Gasteiger charge is 2.49. The van der Waals surface area contributed by atoms with Crippen LogP contribution in [0.5, 0.6) is 0 Å². The molecule has 6 heteroatoms. The van der Waals surface area contributed by atoms with Gasteiger partial charge in [0.2, 0.25) is 0 Å². The Morgan fingerprint density at radius 1 is 1.21 bits per heavy atom. The lowest BCUT2D eigenvalue weighted by atomic mass is 9.89. The average Bonchev–Trinajstić information content (AvgIpc) is 3.11. The van der Waals surface area contributed by atoms with E-state index in [-0.39, 0.29) is 24.0 Å². The first kappa shape index (κ1) is 17.9. The van der Waals surface area contributed by atoms with Crippen LogP contribution < -0.4 is 5.32 Å². The summed E-state index contributed by atoms with van der Waals surface area (Å²) in [5.41, 5.74) is 2.24. The molecule has 2 atom stereocenters. The second-order valence-electron chi connectivity index (χ2n) is 9.40. The molecule has 6 rings (SSSR count). The highest BCUT2D eigenvalue weighted by molar-refractivity contribution is 6.08. The van der Waals surface area contributed by atoms with Crippen LogP contribution in [0.25, 0.3) is 10.9 Å². The molecular formula is C23H28FN3O2. The summed E-state index contributed by atoms with van der Waals surface area (Å²) in [7, 11) is 0. The summed E-state index contributed by atoms with van der Waals surface area (Å²) in [6.45, 7) is 2.81. The molecule has 3 fully saturated rings. The third-order valence-electron chi connectivity index (χ3n) is 7.37. The number of halogens is 1. The fourth-order valence-corrected chi connectivity index (χ4v) is 5.77. The van der Waals surface area contributed by atoms with Crippen molar-refractivity contribution in [3.8, 4) is 0 Å². The van der Waals surface area contributed by atoms with E-state index < -0.39 is 5.67 Å². The topological polar surface area (TPSA) is 46.5 Å². The predicted octanol–water partition coefficient (Wildman–Crippen LogP) is 3.05. The summed E-state index contributed by atoms with van der Waals surface area (Å²) in [5.74, 6) is 0.0541. The van der Waals surface area contributed by atoms with E-state index in [2.05, 4.69) is 26.9 Å². The molecule has 29 heavy (non-hydrogen) atoms. The van der Waals surface area contributed by atoms with E-state index in [1.54, 1.807) is 0 Å². The first-order chi connectivity index (χ1) is 14.1. The quantitative estimate of drug-likeness (QED) is 0.863. The van der Waals surface area contributed by atoms with Crippen molar-refractivity contribution in [2.45, 2.75) is 68.9 Å². The van der Waals surface area contributed by atoms with Crippen LogP contribution in [0.15, 0.2) is 24.3 Å². The number of nitrogens with zero attached hydrogens (tertiary/aromatic N) is 2. The number of para-hydroxylation sites is 1. The number of hydrogen-bond donors (Lipinski definition) is 1. The molecule has 1 amide bonds. The molecule has 4 aliphatic rings. The number of aromatic nitrogens is 1. The molecule has 0 radical (unpaired) electrons. The zero-order valence-electron chi connectivity index (χ0n) is 16.7. The molecule has 2 bridgehead atoms. The lowest BCUT2D eigenvalue weighted by Crippen LogP contribution is -2.62. The van der Waals surface area contributed by atoms with Gasteiger partial charge in [0, 0.05) is 47.8 Å². The lowest BCUT2D eigenvalue weighted by Gasteiger charge is -2.49. The number of aryl methyl sites for hydroxylation is 1. The maximum absolute atomic E-state index is 14.4. The SMILES string of the molecule is O=C(NC1CC2COCC(C1)N2CC1(F)CC1)c1c2n(c3ccccc13)CCC2. The molecule has 0 spiro atoms. The Balaban J connectivity index is 1.23. The van der Waals surface area contributed by atoms with E-state index in [0.29, 0.717) is 32.6 Å². The van der Waals surface area contributed by atoms with Crippen LogP contribution in [0.3, 0.4) is 0 Å². The molecule has 154 valence electrons. The summed E-state index contributed by atoms with van der Waals surface area (Å²) in [6, 6.07) is 8.78. The van der Waals surface area contributed by atoms with Crippen molar-refractivity contribution in [1.82, 2.24) is 14.8 Å². The van der Waals surface area contributed by atoms with Gasteiger partial charge in [-0.3, -0.25) is 9.69 Å². The number of ether oxygens (including phenoxy) is 1. The van der Waals surface area contributed by atoms with Gasteiger partial charge in [0.1, 0.15) is 5.67 Å². The number of carbonyl (C=O) groups is 1. The number of piperidine rings is 1. The number of alkyl halides is 1. The van der Waals surface area contributed by atoms with Crippen LogP contribution in [0.2, 0.25) is 0 Å². The molecule has 3 aliphatic heterocycles. The molecular weight excluding hydrogens is 369 g/mol. The number of fused-ring (bicyclic) bond motifs is 5. The highest BCUT2D eigenvalue weighted by Crippen LogP contribution is 2.43. The van der Waals surface area contributed by atoms with Crippen molar-refractivity contribution in [2.24, 2.45) is 0 Å². The monoisotopic (exact) mass is 397 g/mol. The third kappa shape index (κ3) is 2.99. The summed E-state index contributed by atoms with van der Waals surface area (Å²) in [5, 5.41) is 4.41. The Hall–Kier alpha value is -1.92. The minimum atomic E-state index is -0.976. The zero-order valence-corrected chi connectivity index (χ0v) is 16.7. The van der Waals surface area contributed by atoms with Gasteiger partial charge in [-0.05, 0) is 44.6 Å². The molecule has 4 heterocycles. The van der Waals surface area contributed by atoms with Crippen molar-refractivity contribution < 1.29 is 13.9 Å². The number of rotatable bonds is 4. The number of amides is 1. The summed E-state index contributed by atoms with van der Waals surface area (Å²) in [6.07, 6.45) is 5.13. The Labute approximate surface area is 170 Å². The second-order valence-corrected chi connectivity index (χ2v) is 9.40. The number of morpholine rings is 1. The van der Waals surface area contributed by atoms with Gasteiger partial charge in [-0.2, -0.15) is 0 Å². The van der Waals surface area contributed by atoms with Crippen LogP contribution in [0.4, 0.5) is 4.39 Å². The van der Waals surface area contributed by atoms with Crippen molar-refractivity contribution in [2.75, 3.05) is 19.8 Å². The number of benzene rings is 1. The van der Waals surface area contributed by atoms with Crippen LogP contribution in [0, 0.1) is 0 Å². The van der Waals surface area contributed by atoms with Crippen molar-refractivity contribution in [1.29, 1.82) is 0 Å². The zero-order chi connectivity index (χ0) is 19.6. The largest absolute Gasteiger partial charge is 0.378 e. The van der Waals surface area contributed by atoms with E-state index >= 15 is 0 Å². The van der Waals surface area contributed by atoms with Gasteiger partial charge in [0.25, 0.3) is 5.91 Å². The fourth-order valence-electron chi connectivity index (χ4n) is 5.77. The van der Waals surface area contributed by atoms with E-state index in [4.69, 9.17) is 4.74 Å². The van der Waals surface area contributed by atoms with E-state index in [0.717, 1.165) is 43.2 Å². The first-order valence-corrected chi connectivity index (χ1v) is 11.0. The van der Waals surface area contributed by atoms with Gasteiger partial charge in [-0.15, -0.1) is 0 Å². The highest BCUT2D eigenvalue weighted by atomic mass is 19.1. The molecule has 1 aromatic carbocycles. The number of carbonyl (C=O) groups excluding carboxylic acids is 1. The molecule has 1 N–H and O–H groups in total. The van der Waals surface area contributed by atoms with Crippen molar-refractivity contribution in [3.63, 3.8) is 0 Å². The third-order valence-corrected chi connectivity index (χ3v) is 7.37. The van der Waals surface area contributed by atoms with E-state index in [1.807, 2.05) is 12.1 Å². The Kier molecular flexibility index (Phi) is 4.04. The molecule has 1 aromatic heterocycles. The molecule has 2 aromatic rings. The second kappa shape index (κ2) is 6.54. The minimum Gasteiger partial charge on any atom is -0.378 e. The van der Waals surface area contributed by atoms with Crippen LogP contribution in [0.1, 0.15) is 48.2 Å². The number of nitrogens with one attached hydrogen (secondary N) is 1. The Bertz CT molecular complexity index is 952. The van der Waals surface area contributed by atoms with Crippen molar-refractivity contribution >= 4 is 16.8 Å². The predicted molar refractivity (Wildman–Crippen MR) is 109 cm³/mol. The summed E-state index contributed by atoms with van der Waals surface area (Å²) >= 11 is 0. The fraction of sp³-hybridized carbons (Fsp3) is 0.609. The van der Waals surface area contributed by atoms with Crippen LogP contribution in [-0.2, 0) is 17.7 Å². The molecule has 5 nitrogen and oxygen atoms in total. The van der Waals surface area contributed by atoms with Gasteiger partial charge in [0.15, 0.2) is 0 Å². The van der Waals surface area contributed by atoms with Gasteiger partial charge in [-0.1, -0.05) is 18.2 Å². The van der Waals surface area contributed by atoms with Gasteiger partial charge in [0.05, 0.1) is 18.8 Å². The smallest absolute Gasteiger partial charge is 0.253 e. The first-order valence-electron chi connectivity index (χ1n) is 11.0. The summed E-state index contributed by atoms with van der Waals surface area (Å²) < 4.78 is 22.5. The molecule has 1 saturated carbocycles. The van der Waals surface area contributed by atoms with Crippen LogP contribution in [-0.4, -0.2) is 58.9 Å². The standard InChI is InChI=1S/C23H28FN3O2/c24-23(7-8-23)14-27-16-10-15(11-17(27)13-29-12-16)25-22(28)21-18-4-1-2-5-19(18)26-9-3-6-20(21)26/h1-2,4-5,15-17H,3,6-14H2,(H,25,28). The Morgan fingerprint density at radius 3 is 2.72 bits per heavy atom. The van der Waals surface area contributed by atoms with E-state index in [9.17, 15) is 9.18 Å².